The average molecular weight is 361 g/mol. The Kier molecular flexibility index (Phi) is 5.03. The molecule has 0 unspecified atom stereocenters. The van der Waals surface area contributed by atoms with E-state index in [1.807, 2.05) is 30.3 Å². The lowest BCUT2D eigenvalue weighted by Crippen LogP contribution is -2.24. The van der Waals surface area contributed by atoms with Gasteiger partial charge in [0.05, 0.1) is 10.9 Å². The van der Waals surface area contributed by atoms with Crippen LogP contribution in [0.2, 0.25) is 0 Å². The van der Waals surface area contributed by atoms with Crippen molar-refractivity contribution < 1.29 is 13.6 Å². The van der Waals surface area contributed by atoms with Crippen LogP contribution in [0.4, 0.5) is 14.5 Å². The second-order valence-corrected chi connectivity index (χ2v) is 6.36. The Morgan fingerprint density at radius 1 is 1.12 bits per heavy atom. The highest BCUT2D eigenvalue weighted by Crippen LogP contribution is 2.25. The van der Waals surface area contributed by atoms with Gasteiger partial charge in [0.15, 0.2) is 0 Å². The number of nitrogens with zero attached hydrogens (tertiary/aromatic N) is 4. The van der Waals surface area contributed by atoms with Crippen molar-refractivity contribution >= 4 is 23.4 Å². The molecule has 1 atom stereocenters. The van der Waals surface area contributed by atoms with E-state index >= 15 is 0 Å². The molecule has 0 aliphatic heterocycles. The van der Waals surface area contributed by atoms with Crippen molar-refractivity contribution in [1.29, 1.82) is 0 Å². The Hall–Kier alpha value is -2.81. The molecule has 0 spiro atoms. The van der Waals surface area contributed by atoms with E-state index in [4.69, 9.17) is 0 Å². The number of aromatic nitrogens is 4. The van der Waals surface area contributed by atoms with Gasteiger partial charge in [-0.15, -0.1) is 5.10 Å². The minimum absolute atomic E-state index is 0.392. The molecule has 9 heteroatoms. The molecule has 3 rings (SSSR count). The number of hydrogen-bond acceptors (Lipinski definition) is 5. The summed E-state index contributed by atoms with van der Waals surface area (Å²) in [5.41, 5.74) is 0.269. The molecule has 1 aromatic heterocycles. The van der Waals surface area contributed by atoms with Gasteiger partial charge >= 0.3 is 0 Å². The average Bonchev–Trinajstić information content (AvgIpc) is 3.07. The lowest BCUT2D eigenvalue weighted by molar-refractivity contribution is -0.115. The van der Waals surface area contributed by atoms with E-state index in [1.54, 1.807) is 6.92 Å². The largest absolute Gasteiger partial charge is 0.320 e. The molecule has 3 aromatic rings. The van der Waals surface area contributed by atoms with Gasteiger partial charge in [-0.3, -0.25) is 4.79 Å². The second kappa shape index (κ2) is 7.39. The first-order chi connectivity index (χ1) is 12.1. The quantitative estimate of drug-likeness (QED) is 0.707. The van der Waals surface area contributed by atoms with Gasteiger partial charge < -0.3 is 5.32 Å². The third kappa shape index (κ3) is 3.82. The highest BCUT2D eigenvalue weighted by Gasteiger charge is 2.21. The van der Waals surface area contributed by atoms with Crippen LogP contribution >= 0.6 is 11.8 Å². The van der Waals surface area contributed by atoms with Crippen LogP contribution in [0.3, 0.4) is 0 Å². The van der Waals surface area contributed by atoms with Crippen molar-refractivity contribution in [2.45, 2.75) is 17.3 Å². The fourth-order valence-corrected chi connectivity index (χ4v) is 2.84. The van der Waals surface area contributed by atoms with Crippen molar-refractivity contribution in [2.75, 3.05) is 5.32 Å². The number of anilines is 1. The third-order valence-corrected chi connectivity index (χ3v) is 4.34. The van der Waals surface area contributed by atoms with E-state index in [1.165, 1.54) is 10.7 Å². The molecule has 0 saturated carbocycles. The molecule has 6 nitrogen and oxygen atoms in total. The third-order valence-electron chi connectivity index (χ3n) is 3.30. The summed E-state index contributed by atoms with van der Waals surface area (Å²) in [6, 6.07) is 12.6. The summed E-state index contributed by atoms with van der Waals surface area (Å²) in [6.07, 6.45) is 0. The topological polar surface area (TPSA) is 72.7 Å². The first kappa shape index (κ1) is 17.0. The number of hydrogen-bond donors (Lipinski definition) is 1. The van der Waals surface area contributed by atoms with Crippen LogP contribution < -0.4 is 5.32 Å². The minimum atomic E-state index is -0.834. The number of carbonyl (C=O) groups excluding carboxylic acids is 1. The molecular weight excluding hydrogens is 348 g/mol. The van der Waals surface area contributed by atoms with Gasteiger partial charge in [-0.2, -0.15) is 4.68 Å². The van der Waals surface area contributed by atoms with Crippen LogP contribution in [-0.2, 0) is 4.79 Å². The molecule has 2 aromatic carbocycles. The zero-order chi connectivity index (χ0) is 17.8. The Balaban J connectivity index is 1.74. The molecular formula is C16H13F2N5OS. The lowest BCUT2D eigenvalue weighted by atomic mass is 10.3. The maximum absolute atomic E-state index is 13.6. The molecule has 0 bridgehead atoms. The first-order valence-electron chi connectivity index (χ1n) is 7.31. The van der Waals surface area contributed by atoms with Gasteiger partial charge in [-0.1, -0.05) is 36.0 Å². The Morgan fingerprint density at radius 3 is 2.48 bits per heavy atom. The lowest BCUT2D eigenvalue weighted by Gasteiger charge is -2.12. The van der Waals surface area contributed by atoms with Crippen molar-refractivity contribution in [3.8, 4) is 5.69 Å². The fourth-order valence-electron chi connectivity index (χ4n) is 2.04. The molecule has 128 valence electrons. The Labute approximate surface area is 146 Å². The summed E-state index contributed by atoms with van der Waals surface area (Å²) >= 11 is 1.08. The van der Waals surface area contributed by atoms with E-state index in [-0.39, 0.29) is 0 Å². The molecule has 1 heterocycles. The Bertz CT molecular complexity index is 867. The van der Waals surface area contributed by atoms with Crippen LogP contribution in [-0.4, -0.2) is 31.4 Å². The van der Waals surface area contributed by atoms with Gasteiger partial charge in [-0.25, -0.2) is 8.78 Å². The van der Waals surface area contributed by atoms with Crippen LogP contribution in [0.15, 0.2) is 53.7 Å². The predicted octanol–water partition coefficient (Wildman–Crippen LogP) is 3.06. The number of thioether (sulfide) groups is 1. The van der Waals surface area contributed by atoms with Gasteiger partial charge in [0.2, 0.25) is 11.1 Å². The van der Waals surface area contributed by atoms with E-state index in [0.29, 0.717) is 5.16 Å². The number of nitrogens with one attached hydrogen (secondary N) is 1. The monoisotopic (exact) mass is 361 g/mol. The SMILES string of the molecule is C[C@@H](Sc1nnnn1-c1ccccc1)C(=O)Nc1c(F)cccc1F. The van der Waals surface area contributed by atoms with Gasteiger partial charge in [0, 0.05) is 0 Å². The summed E-state index contributed by atoms with van der Waals surface area (Å²) < 4.78 is 28.8. The molecule has 0 aliphatic carbocycles. The van der Waals surface area contributed by atoms with Gasteiger partial charge in [0.1, 0.15) is 17.3 Å². The summed E-state index contributed by atoms with van der Waals surface area (Å²) in [7, 11) is 0. The van der Waals surface area contributed by atoms with Crippen LogP contribution in [0.5, 0.6) is 0 Å². The molecule has 0 saturated heterocycles. The van der Waals surface area contributed by atoms with Crippen LogP contribution in [0, 0.1) is 11.6 Å². The maximum atomic E-state index is 13.6. The number of carbonyl (C=O) groups is 1. The van der Waals surface area contributed by atoms with Crippen molar-refractivity contribution in [3.05, 3.63) is 60.2 Å². The predicted molar refractivity (Wildman–Crippen MR) is 89.5 cm³/mol. The van der Waals surface area contributed by atoms with Gasteiger partial charge in [-0.05, 0) is 41.6 Å². The number of rotatable bonds is 5. The molecule has 0 fully saturated rings. The number of halogens is 2. The standard InChI is InChI=1S/C16H13F2N5OS/c1-10(15(24)19-14-12(17)8-5-9-13(14)18)25-16-20-21-22-23(16)11-6-3-2-4-7-11/h2-10H,1H3,(H,19,24)/t10-/m1/s1. The van der Waals surface area contributed by atoms with E-state index < -0.39 is 28.5 Å². The van der Waals surface area contributed by atoms with Crippen molar-refractivity contribution in [3.63, 3.8) is 0 Å². The first-order valence-corrected chi connectivity index (χ1v) is 8.19. The molecule has 0 aliphatic rings. The number of para-hydroxylation sites is 2. The van der Waals surface area contributed by atoms with Crippen molar-refractivity contribution in [2.24, 2.45) is 0 Å². The molecule has 1 amide bonds. The van der Waals surface area contributed by atoms with Crippen LogP contribution in [0.1, 0.15) is 6.92 Å². The molecule has 25 heavy (non-hydrogen) atoms. The van der Waals surface area contributed by atoms with E-state index in [0.717, 1.165) is 29.6 Å². The summed E-state index contributed by atoms with van der Waals surface area (Å²) in [4.78, 5) is 12.2. The summed E-state index contributed by atoms with van der Waals surface area (Å²) in [5.74, 6) is -2.23. The number of amides is 1. The highest BCUT2D eigenvalue weighted by molar-refractivity contribution is 8.00. The maximum Gasteiger partial charge on any atom is 0.237 e. The summed E-state index contributed by atoms with van der Waals surface area (Å²) in [6.45, 7) is 1.60. The minimum Gasteiger partial charge on any atom is -0.320 e. The zero-order valence-corrected chi connectivity index (χ0v) is 13.9. The second-order valence-electron chi connectivity index (χ2n) is 5.05. The van der Waals surface area contributed by atoms with Gasteiger partial charge in [0.25, 0.3) is 0 Å². The Morgan fingerprint density at radius 2 is 1.80 bits per heavy atom. The van der Waals surface area contributed by atoms with Crippen LogP contribution in [0.25, 0.3) is 5.69 Å². The van der Waals surface area contributed by atoms with E-state index in [9.17, 15) is 13.6 Å². The zero-order valence-electron chi connectivity index (χ0n) is 13.1. The fraction of sp³-hybridized carbons (Fsp3) is 0.125. The number of tetrazole rings is 1. The smallest absolute Gasteiger partial charge is 0.237 e. The normalized spacial score (nSPS) is 12.0. The highest BCUT2D eigenvalue weighted by atomic mass is 32.2. The summed E-state index contributed by atoms with van der Waals surface area (Å²) in [5, 5.41) is 13.4. The number of benzene rings is 2. The molecule has 1 N–H and O–H groups in total. The van der Waals surface area contributed by atoms with Crippen molar-refractivity contribution in [1.82, 2.24) is 20.2 Å². The van der Waals surface area contributed by atoms with E-state index in [2.05, 4.69) is 20.8 Å². The molecule has 0 radical (unpaired) electrons.